The highest BCUT2D eigenvalue weighted by atomic mass is 32.9. The second kappa shape index (κ2) is 9.00. The average molecular weight is 270 g/mol. The summed E-state index contributed by atoms with van der Waals surface area (Å²) in [6.07, 6.45) is 3.10. The van der Waals surface area contributed by atoms with Crippen molar-refractivity contribution in [3.05, 3.63) is 0 Å². The third-order valence-electron chi connectivity index (χ3n) is 1.79. The van der Waals surface area contributed by atoms with Crippen LogP contribution >= 0.6 is 17.1 Å². The van der Waals surface area contributed by atoms with E-state index in [1.807, 2.05) is 0 Å². The molecule has 0 amide bonds. The molecule has 1 unspecified atom stereocenters. The Morgan fingerprint density at radius 3 is 1.93 bits per heavy atom. The van der Waals surface area contributed by atoms with E-state index in [-0.39, 0.29) is 0 Å². The van der Waals surface area contributed by atoms with Gasteiger partial charge < -0.3 is 9.05 Å². The van der Waals surface area contributed by atoms with Gasteiger partial charge in [0, 0.05) is 5.25 Å². The average Bonchev–Trinajstić information content (AvgIpc) is 2.23. The van der Waals surface area contributed by atoms with Crippen molar-refractivity contribution in [2.45, 2.75) is 52.2 Å². The molecule has 0 radical (unpaired) electrons. The highest BCUT2D eigenvalue weighted by Crippen LogP contribution is 2.63. The quantitative estimate of drug-likeness (QED) is 0.570. The largest absolute Gasteiger partial charge is 0.322 e. The normalized spacial score (nSPS) is 14.1. The van der Waals surface area contributed by atoms with Gasteiger partial charge in [0.25, 0.3) is 0 Å². The molecule has 1 atom stereocenters. The molecule has 0 aromatic carbocycles. The zero-order chi connectivity index (χ0) is 11.7. The second-order valence-electron chi connectivity index (χ2n) is 3.44. The van der Waals surface area contributed by atoms with E-state index in [2.05, 4.69) is 27.7 Å². The minimum Gasteiger partial charge on any atom is -0.322 e. The number of hydrogen-bond acceptors (Lipinski definition) is 4. The molecule has 0 fully saturated rings. The maximum Gasteiger partial charge on any atom is 0.247 e. The van der Waals surface area contributed by atoms with Crippen LogP contribution in [0, 0.1) is 0 Å². The monoisotopic (exact) mass is 270 g/mol. The van der Waals surface area contributed by atoms with Gasteiger partial charge in [-0.3, -0.25) is 0 Å². The van der Waals surface area contributed by atoms with Gasteiger partial charge in [-0.15, -0.1) is 0 Å². The summed E-state index contributed by atoms with van der Waals surface area (Å²) in [6.45, 7) is 9.95. The molecule has 0 spiro atoms. The van der Waals surface area contributed by atoms with Crippen LogP contribution in [-0.4, -0.2) is 18.5 Å². The van der Waals surface area contributed by atoms with E-state index in [9.17, 15) is 0 Å². The van der Waals surface area contributed by atoms with Gasteiger partial charge >= 0.3 is 0 Å². The molecule has 0 N–H and O–H groups in total. The maximum absolute atomic E-state index is 5.72. The van der Waals surface area contributed by atoms with Crippen molar-refractivity contribution >= 4 is 28.9 Å². The minimum absolute atomic E-state index is 0.518. The van der Waals surface area contributed by atoms with E-state index < -0.39 is 5.69 Å². The lowest BCUT2D eigenvalue weighted by atomic mass is 10.4. The minimum atomic E-state index is -2.08. The predicted octanol–water partition coefficient (Wildman–Crippen LogP) is 4.60. The highest BCUT2D eigenvalue weighted by Gasteiger charge is 2.22. The van der Waals surface area contributed by atoms with Crippen molar-refractivity contribution in [1.29, 1.82) is 0 Å². The molecule has 2 nitrogen and oxygen atoms in total. The summed E-state index contributed by atoms with van der Waals surface area (Å²) in [5.74, 6) is 0. The Morgan fingerprint density at radius 2 is 1.60 bits per heavy atom. The number of hydrogen-bond donors (Lipinski definition) is 0. The molecule has 0 heterocycles. The molecule has 0 aromatic heterocycles. The van der Waals surface area contributed by atoms with Crippen molar-refractivity contribution < 1.29 is 9.05 Å². The highest BCUT2D eigenvalue weighted by molar-refractivity contribution is 8.68. The lowest BCUT2D eigenvalue weighted by molar-refractivity contribution is 0.259. The topological polar surface area (TPSA) is 18.5 Å². The van der Waals surface area contributed by atoms with Gasteiger partial charge in [0.1, 0.15) is 0 Å². The van der Waals surface area contributed by atoms with Gasteiger partial charge in [-0.2, -0.15) is 0 Å². The van der Waals surface area contributed by atoms with Gasteiger partial charge in [0.05, 0.1) is 13.2 Å². The van der Waals surface area contributed by atoms with Crippen molar-refractivity contribution in [2.75, 3.05) is 13.2 Å². The molecule has 0 aliphatic rings. The molecule has 5 heteroatoms. The zero-order valence-corrected chi connectivity index (χ0v) is 12.7. The van der Waals surface area contributed by atoms with Crippen LogP contribution in [-0.2, 0) is 20.9 Å². The Bertz CT molecular complexity index is 188. The van der Waals surface area contributed by atoms with Crippen LogP contribution in [0.25, 0.3) is 0 Å². The van der Waals surface area contributed by atoms with Crippen molar-refractivity contribution in [3.63, 3.8) is 0 Å². The summed E-state index contributed by atoms with van der Waals surface area (Å²) < 4.78 is 11.4. The smallest absolute Gasteiger partial charge is 0.247 e. The first-order chi connectivity index (χ1) is 7.08. The molecular formula is C10H23O2PS2. The van der Waals surface area contributed by atoms with E-state index in [1.165, 1.54) is 0 Å². The maximum atomic E-state index is 5.72. The molecule has 0 aliphatic carbocycles. The third-order valence-corrected chi connectivity index (χ3v) is 7.63. The summed E-state index contributed by atoms with van der Waals surface area (Å²) in [4.78, 5) is 0. The fourth-order valence-electron chi connectivity index (χ4n) is 0.799. The van der Waals surface area contributed by atoms with E-state index in [0.717, 1.165) is 19.3 Å². The van der Waals surface area contributed by atoms with Gasteiger partial charge in [-0.1, -0.05) is 39.1 Å². The second-order valence-corrected chi connectivity index (χ2v) is 10.1. The van der Waals surface area contributed by atoms with Crippen LogP contribution in [0.2, 0.25) is 0 Å². The van der Waals surface area contributed by atoms with Crippen LogP contribution in [0.4, 0.5) is 0 Å². The van der Waals surface area contributed by atoms with E-state index >= 15 is 0 Å². The standard InChI is InChI=1S/C10H23O2PS2/c1-5-8-11-13(14,12-9-6-2)15-10(4)7-3/h10H,5-9H2,1-4H3. The predicted molar refractivity (Wildman–Crippen MR) is 74.1 cm³/mol. The summed E-state index contributed by atoms with van der Waals surface area (Å²) in [7, 11) is 0. The molecule has 0 saturated carbocycles. The summed E-state index contributed by atoms with van der Waals surface area (Å²) in [6, 6.07) is 0. The summed E-state index contributed by atoms with van der Waals surface area (Å²) in [5, 5.41) is 0.518. The van der Waals surface area contributed by atoms with Crippen LogP contribution < -0.4 is 0 Å². The molecular weight excluding hydrogens is 247 g/mol. The van der Waals surface area contributed by atoms with Crippen LogP contribution in [0.3, 0.4) is 0 Å². The molecule has 0 aromatic rings. The Hall–Kier alpha value is 0.920. The third kappa shape index (κ3) is 7.76. The van der Waals surface area contributed by atoms with Crippen molar-refractivity contribution in [3.8, 4) is 0 Å². The van der Waals surface area contributed by atoms with Crippen molar-refractivity contribution in [2.24, 2.45) is 0 Å². The Morgan fingerprint density at radius 1 is 1.13 bits per heavy atom. The number of rotatable bonds is 9. The first-order valence-corrected chi connectivity index (χ1v) is 9.77. The Kier molecular flexibility index (Phi) is 9.55. The summed E-state index contributed by atoms with van der Waals surface area (Å²) >= 11 is 7.21. The van der Waals surface area contributed by atoms with Gasteiger partial charge in [0.2, 0.25) is 5.69 Å². The van der Waals surface area contributed by atoms with Crippen LogP contribution in [0.1, 0.15) is 47.0 Å². The van der Waals surface area contributed by atoms with Crippen LogP contribution in [0.5, 0.6) is 0 Å². The lowest BCUT2D eigenvalue weighted by Crippen LogP contribution is -2.00. The SMILES string of the molecule is CCCOP(=S)(OCCC)SC(C)CC. The molecule has 92 valence electrons. The molecule has 15 heavy (non-hydrogen) atoms. The molecule has 0 rings (SSSR count). The van der Waals surface area contributed by atoms with Gasteiger partial charge in [0.15, 0.2) is 0 Å². The van der Waals surface area contributed by atoms with Crippen LogP contribution in [0.15, 0.2) is 0 Å². The molecule has 0 aliphatic heterocycles. The fourth-order valence-corrected chi connectivity index (χ4v) is 6.75. The Labute approximate surface area is 103 Å². The van der Waals surface area contributed by atoms with E-state index in [0.29, 0.717) is 18.5 Å². The fraction of sp³-hybridized carbons (Fsp3) is 1.00. The molecule has 0 bridgehead atoms. The zero-order valence-electron chi connectivity index (χ0n) is 10.2. The van der Waals surface area contributed by atoms with Gasteiger partial charge in [-0.05, 0) is 31.1 Å². The van der Waals surface area contributed by atoms with Gasteiger partial charge in [-0.25, -0.2) is 0 Å². The molecule has 0 saturated heterocycles. The summed E-state index contributed by atoms with van der Waals surface area (Å²) in [5.41, 5.74) is -2.08. The lowest BCUT2D eigenvalue weighted by Gasteiger charge is -2.23. The van der Waals surface area contributed by atoms with Crippen molar-refractivity contribution in [1.82, 2.24) is 0 Å². The first kappa shape index (κ1) is 15.9. The van der Waals surface area contributed by atoms with E-state index in [4.69, 9.17) is 20.9 Å². The van der Waals surface area contributed by atoms with E-state index in [1.54, 1.807) is 11.4 Å². The first-order valence-electron chi connectivity index (χ1n) is 5.65. The Balaban J connectivity index is 4.19.